The molecule has 0 aromatic carbocycles. The molecule has 2 rings (SSSR count). The van der Waals surface area contributed by atoms with Crippen LogP contribution in [0.15, 0.2) is 30.6 Å². The summed E-state index contributed by atoms with van der Waals surface area (Å²) in [6, 6.07) is 3.41. The van der Waals surface area contributed by atoms with Gasteiger partial charge in [0.15, 0.2) is 0 Å². The molecule has 84 valence electrons. The van der Waals surface area contributed by atoms with Crippen LogP contribution in [-0.4, -0.2) is 10.9 Å². The van der Waals surface area contributed by atoms with Crippen LogP contribution in [0.1, 0.15) is 12.5 Å². The molecule has 2 atom stereocenters. The summed E-state index contributed by atoms with van der Waals surface area (Å²) < 4.78 is 13.3. The fraction of sp³-hybridized carbons (Fsp3) is 0.333. The Kier molecular flexibility index (Phi) is 2.99. The molecule has 1 aromatic heterocycles. The molecule has 0 fully saturated rings. The molecule has 0 saturated carbocycles. The van der Waals surface area contributed by atoms with E-state index in [9.17, 15) is 9.18 Å². The maximum atomic E-state index is 13.3. The third kappa shape index (κ3) is 2.10. The highest BCUT2D eigenvalue weighted by Crippen LogP contribution is 2.22. The lowest BCUT2D eigenvalue weighted by Gasteiger charge is -2.23. The molecule has 4 heteroatoms. The van der Waals surface area contributed by atoms with Crippen LogP contribution in [-0.2, 0) is 11.2 Å². The lowest BCUT2D eigenvalue weighted by atomic mass is 9.86. The van der Waals surface area contributed by atoms with E-state index in [0.29, 0.717) is 12.0 Å². The first kappa shape index (κ1) is 10.8. The summed E-state index contributed by atoms with van der Waals surface area (Å²) in [6.45, 7) is 1.85. The summed E-state index contributed by atoms with van der Waals surface area (Å²) in [5.74, 6) is -0.567. The Morgan fingerprint density at radius 3 is 3.12 bits per heavy atom. The minimum Gasteiger partial charge on any atom is -0.333 e. The van der Waals surface area contributed by atoms with Crippen molar-refractivity contribution in [3.63, 3.8) is 0 Å². The molecule has 1 aliphatic heterocycles. The monoisotopic (exact) mass is 220 g/mol. The number of hydrogen-bond donors (Lipinski definition) is 1. The third-order valence-electron chi connectivity index (χ3n) is 2.92. The van der Waals surface area contributed by atoms with Crippen molar-refractivity contribution in [3.05, 3.63) is 42.1 Å². The van der Waals surface area contributed by atoms with Crippen molar-refractivity contribution in [3.8, 4) is 0 Å². The number of nitrogens with one attached hydrogen (secondary N) is 1. The highest BCUT2D eigenvalue weighted by molar-refractivity contribution is 5.80. The van der Waals surface area contributed by atoms with Crippen LogP contribution in [0, 0.1) is 17.8 Å². The van der Waals surface area contributed by atoms with E-state index in [2.05, 4.69) is 10.3 Å². The second-order valence-corrected chi connectivity index (χ2v) is 3.98. The van der Waals surface area contributed by atoms with Gasteiger partial charge in [-0.2, -0.15) is 4.39 Å². The van der Waals surface area contributed by atoms with Crippen molar-refractivity contribution in [2.45, 2.75) is 13.3 Å². The van der Waals surface area contributed by atoms with Crippen molar-refractivity contribution in [1.82, 2.24) is 10.3 Å². The van der Waals surface area contributed by atoms with Crippen LogP contribution >= 0.6 is 0 Å². The van der Waals surface area contributed by atoms with Crippen molar-refractivity contribution in [2.24, 2.45) is 11.8 Å². The molecule has 0 radical (unpaired) electrons. The zero-order valence-electron chi connectivity index (χ0n) is 8.98. The minimum absolute atomic E-state index is 0.0169. The smallest absolute Gasteiger partial charge is 0.227 e. The average molecular weight is 220 g/mol. The minimum atomic E-state index is -0.450. The average Bonchev–Trinajstić information content (AvgIpc) is 2.28. The zero-order valence-corrected chi connectivity index (χ0v) is 8.98. The van der Waals surface area contributed by atoms with Crippen molar-refractivity contribution >= 4 is 5.91 Å². The summed E-state index contributed by atoms with van der Waals surface area (Å²) in [4.78, 5) is 15.0. The van der Waals surface area contributed by atoms with Gasteiger partial charge in [-0.25, -0.2) is 4.98 Å². The highest BCUT2D eigenvalue weighted by atomic mass is 19.1. The van der Waals surface area contributed by atoms with E-state index in [1.807, 2.05) is 13.0 Å². The molecular formula is C12H13FN2O. The van der Waals surface area contributed by atoms with Gasteiger partial charge in [0.05, 0.1) is 0 Å². The zero-order chi connectivity index (χ0) is 11.5. The Labute approximate surface area is 93.4 Å². The molecule has 0 bridgehead atoms. The summed E-state index contributed by atoms with van der Waals surface area (Å²) in [5, 5.41) is 2.63. The summed E-state index contributed by atoms with van der Waals surface area (Å²) in [7, 11) is 0. The second-order valence-electron chi connectivity index (χ2n) is 3.98. The van der Waals surface area contributed by atoms with Crippen molar-refractivity contribution in [1.29, 1.82) is 0 Å². The molecule has 1 amide bonds. The quantitative estimate of drug-likeness (QED) is 0.770. The van der Waals surface area contributed by atoms with Crippen LogP contribution in [0.4, 0.5) is 4.39 Å². The number of rotatable bonds is 2. The fourth-order valence-corrected chi connectivity index (χ4v) is 1.82. The van der Waals surface area contributed by atoms with Gasteiger partial charge in [-0.1, -0.05) is 19.1 Å². The predicted octanol–water partition coefficient (Wildman–Crippen LogP) is 1.66. The second kappa shape index (κ2) is 4.43. The predicted molar refractivity (Wildman–Crippen MR) is 57.8 cm³/mol. The molecule has 0 saturated heterocycles. The molecule has 1 aromatic rings. The summed E-state index contributed by atoms with van der Waals surface area (Å²) in [5.41, 5.74) is 0.554. The van der Waals surface area contributed by atoms with Gasteiger partial charge in [0.2, 0.25) is 11.9 Å². The number of halogens is 1. The number of aromatic nitrogens is 1. The number of hydrogen-bond acceptors (Lipinski definition) is 2. The number of carbonyl (C=O) groups is 1. The summed E-state index contributed by atoms with van der Waals surface area (Å²) in [6.07, 6.45) is 5.45. The number of amides is 1. The van der Waals surface area contributed by atoms with E-state index >= 15 is 0 Å². The number of carbonyl (C=O) groups excluding carboxylic acids is 1. The standard InChI is InChI=1S/C12H13FN2O/c1-8-9(4-6-15-12(8)16)7-10-3-2-5-14-11(10)13/h2-6,8-9H,7H2,1H3,(H,15,16)/t8-,9+/m0/s1. The lowest BCUT2D eigenvalue weighted by Crippen LogP contribution is -2.34. The number of allylic oxidation sites excluding steroid dienone is 1. The van der Waals surface area contributed by atoms with E-state index in [1.54, 1.807) is 18.3 Å². The van der Waals surface area contributed by atoms with Gasteiger partial charge >= 0.3 is 0 Å². The molecule has 1 aliphatic rings. The Balaban J connectivity index is 2.16. The van der Waals surface area contributed by atoms with Gasteiger partial charge in [0.1, 0.15) is 0 Å². The molecule has 16 heavy (non-hydrogen) atoms. The fourth-order valence-electron chi connectivity index (χ4n) is 1.82. The molecule has 0 aliphatic carbocycles. The Bertz CT molecular complexity index is 431. The molecule has 1 N–H and O–H groups in total. The van der Waals surface area contributed by atoms with Crippen LogP contribution in [0.3, 0.4) is 0 Å². The highest BCUT2D eigenvalue weighted by Gasteiger charge is 2.25. The van der Waals surface area contributed by atoms with Crippen LogP contribution < -0.4 is 5.32 Å². The largest absolute Gasteiger partial charge is 0.333 e. The van der Waals surface area contributed by atoms with Crippen LogP contribution in [0.25, 0.3) is 0 Å². The van der Waals surface area contributed by atoms with Crippen molar-refractivity contribution in [2.75, 3.05) is 0 Å². The van der Waals surface area contributed by atoms with E-state index in [0.717, 1.165) is 0 Å². The molecule has 0 unspecified atom stereocenters. The Morgan fingerprint density at radius 2 is 2.38 bits per heavy atom. The molecule has 2 heterocycles. The first-order valence-electron chi connectivity index (χ1n) is 5.25. The van der Waals surface area contributed by atoms with Crippen molar-refractivity contribution < 1.29 is 9.18 Å². The van der Waals surface area contributed by atoms with Crippen LogP contribution in [0.5, 0.6) is 0 Å². The lowest BCUT2D eigenvalue weighted by molar-refractivity contribution is -0.125. The SMILES string of the molecule is C[C@@H]1C(=O)NC=C[C@@H]1Cc1cccnc1F. The van der Waals surface area contributed by atoms with Gasteiger partial charge in [-0.15, -0.1) is 0 Å². The molecular weight excluding hydrogens is 207 g/mol. The maximum absolute atomic E-state index is 13.3. The van der Waals surface area contributed by atoms with Gasteiger partial charge in [-0.05, 0) is 18.4 Å². The Morgan fingerprint density at radius 1 is 1.56 bits per heavy atom. The van der Waals surface area contributed by atoms with E-state index in [1.165, 1.54) is 6.20 Å². The maximum Gasteiger partial charge on any atom is 0.227 e. The van der Waals surface area contributed by atoms with Gasteiger partial charge < -0.3 is 5.32 Å². The van der Waals surface area contributed by atoms with Gasteiger partial charge in [0, 0.05) is 23.9 Å². The number of nitrogens with zero attached hydrogens (tertiary/aromatic N) is 1. The number of pyridine rings is 1. The van der Waals surface area contributed by atoms with E-state index in [-0.39, 0.29) is 17.7 Å². The molecule has 3 nitrogen and oxygen atoms in total. The van der Waals surface area contributed by atoms with Gasteiger partial charge in [0.25, 0.3) is 0 Å². The normalized spacial score (nSPS) is 24.2. The Hall–Kier alpha value is -1.71. The first-order valence-corrected chi connectivity index (χ1v) is 5.25. The third-order valence-corrected chi connectivity index (χ3v) is 2.92. The van der Waals surface area contributed by atoms with E-state index in [4.69, 9.17) is 0 Å². The first-order chi connectivity index (χ1) is 7.68. The van der Waals surface area contributed by atoms with E-state index < -0.39 is 5.95 Å². The summed E-state index contributed by atoms with van der Waals surface area (Å²) >= 11 is 0. The molecule has 0 spiro atoms. The van der Waals surface area contributed by atoms with Gasteiger partial charge in [-0.3, -0.25) is 4.79 Å². The topological polar surface area (TPSA) is 42.0 Å². The van der Waals surface area contributed by atoms with Crippen LogP contribution in [0.2, 0.25) is 0 Å².